The molecule has 2 aromatic rings. The van der Waals surface area contributed by atoms with E-state index in [-0.39, 0.29) is 6.04 Å². The second-order valence-electron chi connectivity index (χ2n) is 3.56. The lowest BCUT2D eigenvalue weighted by Gasteiger charge is -2.02. The summed E-state index contributed by atoms with van der Waals surface area (Å²) in [6, 6.07) is 3.44. The first-order valence-electron chi connectivity index (χ1n) is 4.87. The minimum atomic E-state index is -0.127. The monoisotopic (exact) mass is 321 g/mol. The third kappa shape index (κ3) is 1.97. The predicted molar refractivity (Wildman–Crippen MR) is 71.2 cm³/mol. The third-order valence-corrected chi connectivity index (χ3v) is 4.01. The Morgan fingerprint density at radius 1 is 1.44 bits per heavy atom. The van der Waals surface area contributed by atoms with Crippen LogP contribution >= 0.6 is 39.1 Å². The molecule has 2 nitrogen and oxygen atoms in total. The van der Waals surface area contributed by atoms with Crippen molar-refractivity contribution in [3.05, 3.63) is 32.4 Å². The maximum Gasteiger partial charge on any atom is 0.154 e. The van der Waals surface area contributed by atoms with Crippen molar-refractivity contribution in [1.29, 1.82) is 0 Å². The largest absolute Gasteiger partial charge is 0.458 e. The SMILES string of the molecule is CCC(N)c1cc2c(Cl)c(Br)cc(Cl)c2o1. The van der Waals surface area contributed by atoms with E-state index in [1.165, 1.54) is 0 Å². The molecule has 0 saturated carbocycles. The van der Waals surface area contributed by atoms with Gasteiger partial charge in [0.25, 0.3) is 0 Å². The summed E-state index contributed by atoms with van der Waals surface area (Å²) in [5, 5.41) is 1.92. The fourth-order valence-electron chi connectivity index (χ4n) is 1.50. The molecule has 0 fully saturated rings. The Bertz CT molecular complexity index is 538. The molecule has 1 aromatic carbocycles. The first-order chi connectivity index (χ1) is 7.54. The summed E-state index contributed by atoms with van der Waals surface area (Å²) < 4.78 is 6.38. The number of hydrogen-bond acceptors (Lipinski definition) is 2. The molecule has 86 valence electrons. The van der Waals surface area contributed by atoms with Crippen LogP contribution in [0.5, 0.6) is 0 Å². The highest BCUT2D eigenvalue weighted by atomic mass is 79.9. The summed E-state index contributed by atoms with van der Waals surface area (Å²) in [4.78, 5) is 0. The molecule has 0 bridgehead atoms. The van der Waals surface area contributed by atoms with Crippen LogP contribution < -0.4 is 5.73 Å². The van der Waals surface area contributed by atoms with E-state index in [1.54, 1.807) is 6.07 Å². The topological polar surface area (TPSA) is 39.2 Å². The first-order valence-corrected chi connectivity index (χ1v) is 6.42. The molecular formula is C11H10BrCl2NO. The normalized spacial score (nSPS) is 13.3. The summed E-state index contributed by atoms with van der Waals surface area (Å²) >= 11 is 15.6. The molecule has 0 aliphatic heterocycles. The fourth-order valence-corrected chi connectivity index (χ4v) is 2.52. The van der Waals surface area contributed by atoms with Crippen molar-refractivity contribution in [1.82, 2.24) is 0 Å². The quantitative estimate of drug-likeness (QED) is 0.798. The number of halogens is 3. The lowest BCUT2D eigenvalue weighted by atomic mass is 10.1. The van der Waals surface area contributed by atoms with E-state index in [9.17, 15) is 0 Å². The van der Waals surface area contributed by atoms with Crippen molar-refractivity contribution in [2.75, 3.05) is 0 Å². The van der Waals surface area contributed by atoms with Gasteiger partial charge in [-0.1, -0.05) is 30.1 Å². The molecule has 0 amide bonds. The lowest BCUT2D eigenvalue weighted by molar-refractivity contribution is 0.488. The molecule has 0 aliphatic carbocycles. The van der Waals surface area contributed by atoms with Crippen molar-refractivity contribution in [3.8, 4) is 0 Å². The van der Waals surface area contributed by atoms with Gasteiger partial charge >= 0.3 is 0 Å². The second-order valence-corrected chi connectivity index (χ2v) is 5.20. The van der Waals surface area contributed by atoms with Crippen LogP contribution in [0.15, 0.2) is 21.0 Å². The van der Waals surface area contributed by atoms with E-state index in [4.69, 9.17) is 33.4 Å². The zero-order valence-corrected chi connectivity index (χ0v) is 11.7. The molecule has 2 N–H and O–H groups in total. The van der Waals surface area contributed by atoms with Gasteiger partial charge in [-0.2, -0.15) is 0 Å². The number of benzene rings is 1. The minimum absolute atomic E-state index is 0.127. The van der Waals surface area contributed by atoms with Crippen LogP contribution in [0, 0.1) is 0 Å². The van der Waals surface area contributed by atoms with Crippen LogP contribution in [0.25, 0.3) is 11.0 Å². The van der Waals surface area contributed by atoms with Crippen molar-refractivity contribution in [2.45, 2.75) is 19.4 Å². The van der Waals surface area contributed by atoms with Gasteiger partial charge in [0.05, 0.1) is 16.1 Å². The number of nitrogens with two attached hydrogens (primary N) is 1. The van der Waals surface area contributed by atoms with Crippen LogP contribution in [0.2, 0.25) is 10.0 Å². The summed E-state index contributed by atoms with van der Waals surface area (Å²) in [5.41, 5.74) is 6.50. The van der Waals surface area contributed by atoms with Crippen LogP contribution in [0.1, 0.15) is 25.1 Å². The Hall–Kier alpha value is -0.220. The average Bonchev–Trinajstić information content (AvgIpc) is 2.70. The van der Waals surface area contributed by atoms with Crippen LogP contribution in [0.4, 0.5) is 0 Å². The van der Waals surface area contributed by atoms with Crippen molar-refractivity contribution in [2.24, 2.45) is 5.73 Å². The van der Waals surface area contributed by atoms with E-state index < -0.39 is 0 Å². The van der Waals surface area contributed by atoms with Gasteiger partial charge in [0.1, 0.15) is 5.76 Å². The molecule has 0 radical (unpaired) electrons. The molecule has 1 heterocycles. The van der Waals surface area contributed by atoms with Gasteiger partial charge in [-0.15, -0.1) is 0 Å². The Labute approximate surface area is 112 Å². The summed E-state index contributed by atoms with van der Waals surface area (Å²) in [7, 11) is 0. The molecule has 0 aliphatic rings. The standard InChI is InChI=1S/C11H10BrCl2NO/c1-2-8(15)9-3-5-10(14)6(12)4-7(13)11(5)16-9/h3-4,8H,2,15H2,1H3. The number of hydrogen-bond donors (Lipinski definition) is 1. The summed E-state index contributed by atoms with van der Waals surface area (Å²) in [5.74, 6) is 0.708. The number of rotatable bonds is 2. The molecular weight excluding hydrogens is 313 g/mol. The second kappa shape index (κ2) is 4.57. The maximum absolute atomic E-state index is 6.15. The molecule has 5 heteroatoms. The smallest absolute Gasteiger partial charge is 0.154 e. The molecule has 1 atom stereocenters. The Kier molecular flexibility index (Phi) is 3.50. The molecule has 0 spiro atoms. The predicted octanol–water partition coefficient (Wildman–Crippen LogP) is 4.91. The van der Waals surface area contributed by atoms with Crippen molar-refractivity contribution < 1.29 is 4.42 Å². The van der Waals surface area contributed by atoms with E-state index >= 15 is 0 Å². The Morgan fingerprint density at radius 2 is 2.12 bits per heavy atom. The maximum atomic E-state index is 6.15. The summed E-state index contributed by atoms with van der Waals surface area (Å²) in [6.07, 6.45) is 0.802. The van der Waals surface area contributed by atoms with Gasteiger partial charge in [-0.25, -0.2) is 0 Å². The van der Waals surface area contributed by atoms with Crippen molar-refractivity contribution >= 4 is 50.1 Å². The molecule has 2 rings (SSSR count). The fraction of sp³-hybridized carbons (Fsp3) is 0.273. The van der Waals surface area contributed by atoms with Gasteiger partial charge < -0.3 is 10.2 Å². The van der Waals surface area contributed by atoms with E-state index in [2.05, 4.69) is 15.9 Å². The van der Waals surface area contributed by atoms with Crippen molar-refractivity contribution in [3.63, 3.8) is 0 Å². The molecule has 16 heavy (non-hydrogen) atoms. The zero-order valence-electron chi connectivity index (χ0n) is 8.56. The number of fused-ring (bicyclic) bond motifs is 1. The summed E-state index contributed by atoms with van der Waals surface area (Å²) in [6.45, 7) is 2.00. The van der Waals surface area contributed by atoms with Gasteiger partial charge in [0, 0.05) is 9.86 Å². The van der Waals surface area contributed by atoms with E-state index in [1.807, 2.05) is 13.0 Å². The Morgan fingerprint density at radius 3 is 2.75 bits per heavy atom. The van der Waals surface area contributed by atoms with Gasteiger partial charge in [0.2, 0.25) is 0 Å². The highest BCUT2D eigenvalue weighted by Gasteiger charge is 2.16. The van der Waals surface area contributed by atoms with Crippen LogP contribution in [-0.2, 0) is 0 Å². The lowest BCUT2D eigenvalue weighted by Crippen LogP contribution is -2.06. The van der Waals surface area contributed by atoms with E-state index in [0.29, 0.717) is 21.4 Å². The van der Waals surface area contributed by atoms with Gasteiger partial charge in [0.15, 0.2) is 5.58 Å². The molecule has 0 saturated heterocycles. The minimum Gasteiger partial charge on any atom is -0.458 e. The number of furan rings is 1. The zero-order chi connectivity index (χ0) is 11.9. The van der Waals surface area contributed by atoms with E-state index in [0.717, 1.165) is 16.3 Å². The van der Waals surface area contributed by atoms with Crippen LogP contribution in [-0.4, -0.2) is 0 Å². The van der Waals surface area contributed by atoms with Gasteiger partial charge in [-0.05, 0) is 34.5 Å². The van der Waals surface area contributed by atoms with Gasteiger partial charge in [-0.3, -0.25) is 0 Å². The average molecular weight is 323 g/mol. The highest BCUT2D eigenvalue weighted by molar-refractivity contribution is 9.10. The van der Waals surface area contributed by atoms with Crippen LogP contribution in [0.3, 0.4) is 0 Å². The molecule has 1 unspecified atom stereocenters. The molecule has 1 aromatic heterocycles. The highest BCUT2D eigenvalue weighted by Crippen LogP contribution is 2.39. The first kappa shape index (κ1) is 12.2. The Balaban J connectivity index is 2.70. The third-order valence-electron chi connectivity index (χ3n) is 2.47.